The Bertz CT molecular complexity index is 808. The SMILES string of the molecule is CCCCN(C)c1ncnc(NNS(=O)(=O)c2ccc(C)cc2)c1N. The Balaban J connectivity index is 2.14. The normalized spacial score (nSPS) is 11.3. The lowest BCUT2D eigenvalue weighted by molar-refractivity contribution is 0.587. The number of hydrogen-bond donors (Lipinski definition) is 3. The zero-order valence-electron chi connectivity index (χ0n) is 14.7. The molecule has 8 nitrogen and oxygen atoms in total. The standard InChI is InChI=1S/C16H24N6O2S/c1-4-5-10-22(3)16-14(17)15(18-11-19-16)20-21-25(23,24)13-8-6-12(2)7-9-13/h6-9,11,21H,4-5,10,17H2,1-3H3,(H,18,19,20). The Labute approximate surface area is 148 Å². The predicted octanol–water partition coefficient (Wildman–Crippen LogP) is 1.91. The number of rotatable bonds is 8. The van der Waals surface area contributed by atoms with Crippen molar-refractivity contribution in [1.29, 1.82) is 0 Å². The van der Waals surface area contributed by atoms with E-state index in [1.807, 2.05) is 18.9 Å². The molecule has 0 aliphatic carbocycles. The van der Waals surface area contributed by atoms with Gasteiger partial charge in [0.2, 0.25) is 0 Å². The number of aromatic nitrogens is 2. The highest BCUT2D eigenvalue weighted by molar-refractivity contribution is 7.89. The average molecular weight is 364 g/mol. The molecule has 0 unspecified atom stereocenters. The number of hydrogen-bond acceptors (Lipinski definition) is 7. The maximum Gasteiger partial charge on any atom is 0.257 e. The van der Waals surface area contributed by atoms with E-state index in [-0.39, 0.29) is 16.4 Å². The molecule has 1 aromatic heterocycles. The van der Waals surface area contributed by atoms with Crippen LogP contribution in [-0.4, -0.2) is 32.0 Å². The number of nitrogen functional groups attached to an aromatic ring is 1. The zero-order valence-corrected chi connectivity index (χ0v) is 15.5. The highest BCUT2D eigenvalue weighted by Gasteiger charge is 2.16. The van der Waals surface area contributed by atoms with Crippen LogP contribution < -0.4 is 20.9 Å². The molecular formula is C16H24N6O2S. The fourth-order valence-corrected chi connectivity index (χ4v) is 3.03. The van der Waals surface area contributed by atoms with Crippen LogP contribution in [-0.2, 0) is 10.0 Å². The molecule has 0 fully saturated rings. The molecule has 25 heavy (non-hydrogen) atoms. The van der Waals surface area contributed by atoms with Crippen molar-refractivity contribution in [2.24, 2.45) is 0 Å². The van der Waals surface area contributed by atoms with Crippen LogP contribution in [0.3, 0.4) is 0 Å². The molecule has 0 saturated carbocycles. The molecule has 136 valence electrons. The van der Waals surface area contributed by atoms with E-state index < -0.39 is 10.0 Å². The quantitative estimate of drug-likeness (QED) is 0.613. The molecule has 2 aromatic rings. The summed E-state index contributed by atoms with van der Waals surface area (Å²) in [6, 6.07) is 6.53. The number of aryl methyl sites for hydroxylation is 1. The van der Waals surface area contributed by atoms with Gasteiger partial charge in [0.15, 0.2) is 11.6 Å². The first-order chi connectivity index (χ1) is 11.8. The molecule has 2 rings (SSSR count). The minimum Gasteiger partial charge on any atom is -0.393 e. The van der Waals surface area contributed by atoms with Crippen molar-refractivity contribution in [3.8, 4) is 0 Å². The van der Waals surface area contributed by atoms with Crippen molar-refractivity contribution < 1.29 is 8.42 Å². The summed E-state index contributed by atoms with van der Waals surface area (Å²) in [4.78, 5) is 12.6. The van der Waals surface area contributed by atoms with E-state index in [0.717, 1.165) is 24.9 Å². The molecule has 0 bridgehead atoms. The number of anilines is 3. The lowest BCUT2D eigenvalue weighted by atomic mass is 10.2. The third kappa shape index (κ3) is 4.80. The summed E-state index contributed by atoms with van der Waals surface area (Å²) < 4.78 is 24.6. The van der Waals surface area contributed by atoms with Crippen molar-refractivity contribution in [3.63, 3.8) is 0 Å². The number of sulfonamides is 1. The molecular weight excluding hydrogens is 340 g/mol. The highest BCUT2D eigenvalue weighted by Crippen LogP contribution is 2.25. The average Bonchev–Trinajstić information content (AvgIpc) is 2.59. The van der Waals surface area contributed by atoms with Gasteiger partial charge < -0.3 is 10.6 Å². The largest absolute Gasteiger partial charge is 0.393 e. The second kappa shape index (κ2) is 8.13. The monoisotopic (exact) mass is 364 g/mol. The van der Waals surface area contributed by atoms with Crippen LogP contribution in [0.1, 0.15) is 25.3 Å². The first-order valence-corrected chi connectivity index (χ1v) is 9.49. The molecule has 9 heteroatoms. The van der Waals surface area contributed by atoms with Gasteiger partial charge in [0.1, 0.15) is 12.0 Å². The molecule has 0 atom stereocenters. The molecule has 0 saturated heterocycles. The first kappa shape index (κ1) is 18.9. The lowest BCUT2D eigenvalue weighted by Crippen LogP contribution is -2.31. The summed E-state index contributed by atoms with van der Waals surface area (Å²) in [5.74, 6) is 0.768. The maximum atomic E-state index is 12.3. The second-order valence-electron chi connectivity index (χ2n) is 5.78. The van der Waals surface area contributed by atoms with Crippen molar-refractivity contribution in [2.75, 3.05) is 29.7 Å². The maximum absolute atomic E-state index is 12.3. The number of nitrogens with zero attached hydrogens (tertiary/aromatic N) is 3. The van der Waals surface area contributed by atoms with Gasteiger partial charge in [0.05, 0.1) is 4.90 Å². The molecule has 1 heterocycles. The van der Waals surface area contributed by atoms with Crippen LogP contribution in [0.15, 0.2) is 35.5 Å². The van der Waals surface area contributed by atoms with Crippen molar-refractivity contribution in [2.45, 2.75) is 31.6 Å². The van der Waals surface area contributed by atoms with Gasteiger partial charge in [-0.2, -0.15) is 0 Å². The minimum absolute atomic E-state index is 0.151. The van der Waals surface area contributed by atoms with E-state index in [0.29, 0.717) is 5.82 Å². The van der Waals surface area contributed by atoms with Crippen LogP contribution in [0.25, 0.3) is 0 Å². The van der Waals surface area contributed by atoms with Gasteiger partial charge in [-0.05, 0) is 25.5 Å². The van der Waals surface area contributed by atoms with Crippen LogP contribution in [0.2, 0.25) is 0 Å². The van der Waals surface area contributed by atoms with Gasteiger partial charge in [-0.15, -0.1) is 4.83 Å². The molecule has 1 aromatic carbocycles. The van der Waals surface area contributed by atoms with Gasteiger partial charge in [-0.25, -0.2) is 18.4 Å². The van der Waals surface area contributed by atoms with Crippen molar-refractivity contribution in [1.82, 2.24) is 14.8 Å². The van der Waals surface area contributed by atoms with E-state index in [1.54, 1.807) is 12.1 Å². The van der Waals surface area contributed by atoms with E-state index in [1.165, 1.54) is 18.5 Å². The van der Waals surface area contributed by atoms with E-state index in [9.17, 15) is 8.42 Å². The summed E-state index contributed by atoms with van der Waals surface area (Å²) in [5.41, 5.74) is 9.92. The van der Waals surface area contributed by atoms with Crippen molar-refractivity contribution in [3.05, 3.63) is 36.2 Å². The Morgan fingerprint density at radius 1 is 1.20 bits per heavy atom. The molecule has 0 aliphatic heterocycles. The second-order valence-corrected chi connectivity index (χ2v) is 7.46. The molecule has 0 aliphatic rings. The van der Waals surface area contributed by atoms with Crippen LogP contribution in [0.4, 0.5) is 17.3 Å². The third-order valence-electron chi connectivity index (χ3n) is 3.71. The smallest absolute Gasteiger partial charge is 0.257 e. The predicted molar refractivity (Wildman–Crippen MR) is 99.7 cm³/mol. The Hall–Kier alpha value is -2.39. The molecule has 0 amide bonds. The first-order valence-electron chi connectivity index (χ1n) is 8.01. The summed E-state index contributed by atoms with van der Waals surface area (Å²) >= 11 is 0. The molecule has 0 spiro atoms. The van der Waals surface area contributed by atoms with Crippen LogP contribution in [0, 0.1) is 6.92 Å². The van der Waals surface area contributed by atoms with Crippen molar-refractivity contribution >= 4 is 27.3 Å². The third-order valence-corrected chi connectivity index (χ3v) is 4.97. The number of unbranched alkanes of at least 4 members (excludes halogenated alkanes) is 1. The van der Waals surface area contributed by atoms with E-state index in [4.69, 9.17) is 5.73 Å². The number of nitrogens with one attached hydrogen (secondary N) is 2. The number of hydrazine groups is 1. The minimum atomic E-state index is -3.73. The van der Waals surface area contributed by atoms with Gasteiger partial charge in [0.25, 0.3) is 10.0 Å². The van der Waals surface area contributed by atoms with Gasteiger partial charge in [-0.3, -0.25) is 5.43 Å². The van der Waals surface area contributed by atoms with E-state index in [2.05, 4.69) is 27.1 Å². The summed E-state index contributed by atoms with van der Waals surface area (Å²) in [6.07, 6.45) is 3.40. The van der Waals surface area contributed by atoms with Crippen LogP contribution >= 0.6 is 0 Å². The number of nitrogens with two attached hydrogens (primary N) is 1. The zero-order chi connectivity index (χ0) is 18.4. The highest BCUT2D eigenvalue weighted by atomic mass is 32.2. The number of benzene rings is 1. The fraction of sp³-hybridized carbons (Fsp3) is 0.375. The Kier molecular flexibility index (Phi) is 6.16. The Morgan fingerprint density at radius 3 is 2.52 bits per heavy atom. The molecule has 0 radical (unpaired) electrons. The summed E-state index contributed by atoms with van der Waals surface area (Å²) in [5, 5.41) is 0. The summed E-state index contributed by atoms with van der Waals surface area (Å²) in [7, 11) is -1.85. The fourth-order valence-electron chi connectivity index (χ4n) is 2.18. The van der Waals surface area contributed by atoms with Gasteiger partial charge in [-0.1, -0.05) is 31.0 Å². The van der Waals surface area contributed by atoms with Gasteiger partial charge in [0, 0.05) is 13.6 Å². The topological polar surface area (TPSA) is 113 Å². The Morgan fingerprint density at radius 2 is 1.88 bits per heavy atom. The van der Waals surface area contributed by atoms with E-state index >= 15 is 0 Å². The summed E-state index contributed by atoms with van der Waals surface area (Å²) in [6.45, 7) is 4.79. The van der Waals surface area contributed by atoms with Crippen LogP contribution in [0.5, 0.6) is 0 Å². The molecule has 4 N–H and O–H groups in total. The van der Waals surface area contributed by atoms with Gasteiger partial charge >= 0.3 is 0 Å². The lowest BCUT2D eigenvalue weighted by Gasteiger charge is -2.20.